The summed E-state index contributed by atoms with van der Waals surface area (Å²) in [7, 11) is 1.44. The number of imidazole rings is 1. The lowest BCUT2D eigenvalue weighted by molar-refractivity contribution is -0.138. The van der Waals surface area contributed by atoms with Crippen LogP contribution in [0.5, 0.6) is 0 Å². The van der Waals surface area contributed by atoms with Gasteiger partial charge in [-0.3, -0.25) is 18.8 Å². The second-order valence-corrected chi connectivity index (χ2v) is 9.25. The largest absolute Gasteiger partial charge is 0.480 e. The van der Waals surface area contributed by atoms with Crippen LogP contribution >= 0.6 is 0 Å². The molecule has 0 aromatic carbocycles. The third-order valence-electron chi connectivity index (χ3n) is 6.57. The van der Waals surface area contributed by atoms with Gasteiger partial charge in [0.2, 0.25) is 0 Å². The Morgan fingerprint density at radius 3 is 2.69 bits per heavy atom. The highest BCUT2D eigenvalue weighted by atomic mass is 16.6. The first-order chi connectivity index (χ1) is 18.6. The number of fused-ring (bicyclic) bond motifs is 1. The van der Waals surface area contributed by atoms with Crippen molar-refractivity contribution in [1.29, 1.82) is 0 Å². The molecule has 0 aliphatic carbocycles. The molecule has 4 heterocycles. The molecule has 39 heavy (non-hydrogen) atoms. The standard InChI is InChI=1S/C22H32N10O7/c1-38-10-31-7-11(17(24)29-22(31)37)6-30(4-2-12(23)21(35)36)5-3-13-15(33)16(34)20(39-13)32-9-28-14-18(25)26-8-27-19(14)32/h7-9,12-13,15-16,20,33-34H,2-6,10,23H2,1H3,(H,35,36)(H2,24,29,37)(H2,25,26,27). The Morgan fingerprint density at radius 1 is 1.21 bits per heavy atom. The zero-order valence-corrected chi connectivity index (χ0v) is 21.2. The van der Waals surface area contributed by atoms with E-state index in [1.54, 1.807) is 0 Å². The van der Waals surface area contributed by atoms with E-state index in [-0.39, 0.29) is 44.3 Å². The first-order valence-electron chi connectivity index (χ1n) is 12.1. The summed E-state index contributed by atoms with van der Waals surface area (Å²) in [6.45, 7) is 0.736. The molecule has 3 aromatic rings. The van der Waals surface area contributed by atoms with Gasteiger partial charge in [-0.1, -0.05) is 0 Å². The molecule has 5 atom stereocenters. The number of aliphatic carboxylic acids is 1. The molecular weight excluding hydrogens is 516 g/mol. The number of rotatable bonds is 12. The van der Waals surface area contributed by atoms with Crippen molar-refractivity contribution in [3.63, 3.8) is 0 Å². The first kappa shape index (κ1) is 28.3. The smallest absolute Gasteiger partial charge is 0.351 e. The Hall–Kier alpha value is -3.74. The van der Waals surface area contributed by atoms with Gasteiger partial charge in [-0.05, 0) is 12.8 Å². The molecule has 1 saturated heterocycles. The summed E-state index contributed by atoms with van der Waals surface area (Å²) in [5, 5.41) is 30.7. The Bertz CT molecular complexity index is 1360. The first-order valence-corrected chi connectivity index (χ1v) is 12.1. The highest BCUT2D eigenvalue weighted by Gasteiger charge is 2.44. The molecule has 17 nitrogen and oxygen atoms in total. The molecule has 0 spiro atoms. The molecule has 17 heteroatoms. The number of aromatic nitrogens is 6. The number of aliphatic hydroxyl groups excluding tert-OH is 2. The molecule has 1 aliphatic rings. The number of hydrogen-bond donors (Lipinski definition) is 6. The second kappa shape index (κ2) is 12.0. The number of nitrogens with zero attached hydrogens (tertiary/aromatic N) is 7. The Balaban J connectivity index is 1.50. The Kier molecular flexibility index (Phi) is 8.68. The van der Waals surface area contributed by atoms with Gasteiger partial charge in [0.25, 0.3) is 0 Å². The molecule has 5 unspecified atom stereocenters. The number of hydrogen-bond acceptors (Lipinski definition) is 14. The van der Waals surface area contributed by atoms with Crippen LogP contribution in [0.2, 0.25) is 0 Å². The topological polar surface area (TPSA) is 256 Å². The van der Waals surface area contributed by atoms with E-state index in [9.17, 15) is 24.9 Å². The van der Waals surface area contributed by atoms with Crippen LogP contribution in [0.25, 0.3) is 11.2 Å². The highest BCUT2D eigenvalue weighted by molar-refractivity contribution is 5.81. The number of carboxylic acid groups (broad SMARTS) is 1. The molecule has 9 N–H and O–H groups in total. The maximum atomic E-state index is 12.1. The number of aliphatic hydroxyl groups is 2. The van der Waals surface area contributed by atoms with Gasteiger partial charge in [-0.25, -0.2) is 19.7 Å². The van der Waals surface area contributed by atoms with Crippen LogP contribution < -0.4 is 22.9 Å². The van der Waals surface area contributed by atoms with Crippen molar-refractivity contribution >= 4 is 28.8 Å². The fourth-order valence-electron chi connectivity index (χ4n) is 4.42. The number of ether oxygens (including phenoxy) is 2. The molecule has 0 radical (unpaired) electrons. The van der Waals surface area contributed by atoms with E-state index in [2.05, 4.69) is 19.9 Å². The van der Waals surface area contributed by atoms with Crippen molar-refractivity contribution in [2.45, 2.75) is 56.7 Å². The van der Waals surface area contributed by atoms with Gasteiger partial charge in [0, 0.05) is 38.5 Å². The van der Waals surface area contributed by atoms with Crippen LogP contribution in [0.15, 0.2) is 23.6 Å². The third-order valence-corrected chi connectivity index (χ3v) is 6.57. The van der Waals surface area contributed by atoms with Gasteiger partial charge in [0.15, 0.2) is 17.7 Å². The minimum atomic E-state index is -1.28. The SMILES string of the molecule is COCn1cc(CN(CCC(N)C(=O)O)CCC2OC(n3cnc4c(N)ncnc43)C(O)C2O)c(N)nc1=O. The van der Waals surface area contributed by atoms with Crippen molar-refractivity contribution in [1.82, 2.24) is 34.0 Å². The number of carboxylic acids is 1. The van der Waals surface area contributed by atoms with Gasteiger partial charge < -0.3 is 42.0 Å². The van der Waals surface area contributed by atoms with Crippen LogP contribution in [0.1, 0.15) is 24.6 Å². The minimum absolute atomic E-state index is 0.0239. The summed E-state index contributed by atoms with van der Waals surface area (Å²) in [6, 6.07) is -1.09. The van der Waals surface area contributed by atoms with Crippen LogP contribution in [0, 0.1) is 0 Å². The lowest BCUT2D eigenvalue weighted by atomic mass is 10.1. The fraction of sp³-hybridized carbons (Fsp3) is 0.545. The number of carbonyl (C=O) groups is 1. The average molecular weight is 549 g/mol. The van der Waals surface area contributed by atoms with Crippen LogP contribution in [0.4, 0.5) is 11.6 Å². The zero-order chi connectivity index (χ0) is 28.3. The van der Waals surface area contributed by atoms with Gasteiger partial charge in [-0.15, -0.1) is 0 Å². The molecule has 212 valence electrons. The molecule has 3 aromatic heterocycles. The van der Waals surface area contributed by atoms with Gasteiger partial charge in [0.1, 0.15) is 42.6 Å². The van der Waals surface area contributed by atoms with E-state index >= 15 is 0 Å². The van der Waals surface area contributed by atoms with E-state index in [4.69, 9.17) is 26.7 Å². The zero-order valence-electron chi connectivity index (χ0n) is 21.2. The maximum Gasteiger partial charge on any atom is 0.351 e. The van der Waals surface area contributed by atoms with Gasteiger partial charge in [-0.2, -0.15) is 4.98 Å². The summed E-state index contributed by atoms with van der Waals surface area (Å²) < 4.78 is 13.8. The normalized spacial score (nSPS) is 22.1. The van der Waals surface area contributed by atoms with E-state index in [1.165, 1.54) is 35.1 Å². The van der Waals surface area contributed by atoms with Gasteiger partial charge in [0.05, 0.1) is 12.4 Å². The molecule has 1 fully saturated rings. The summed E-state index contributed by atoms with van der Waals surface area (Å²) in [6.07, 6.45) is 0.305. The van der Waals surface area contributed by atoms with E-state index in [1.807, 2.05) is 4.90 Å². The lowest BCUT2D eigenvalue weighted by Crippen LogP contribution is -2.38. The van der Waals surface area contributed by atoms with E-state index in [0.717, 1.165) is 0 Å². The maximum absolute atomic E-state index is 12.1. The Morgan fingerprint density at radius 2 is 1.97 bits per heavy atom. The monoisotopic (exact) mass is 548 g/mol. The van der Waals surface area contributed by atoms with E-state index < -0.39 is 42.2 Å². The minimum Gasteiger partial charge on any atom is -0.480 e. The van der Waals surface area contributed by atoms with Crippen molar-refractivity contribution in [2.24, 2.45) is 5.73 Å². The molecule has 0 saturated carbocycles. The number of anilines is 2. The molecule has 4 rings (SSSR count). The van der Waals surface area contributed by atoms with Crippen LogP contribution in [-0.2, 0) is 27.5 Å². The van der Waals surface area contributed by atoms with Crippen molar-refractivity contribution in [3.05, 3.63) is 34.9 Å². The fourth-order valence-corrected chi connectivity index (χ4v) is 4.42. The predicted octanol–water partition coefficient (Wildman–Crippen LogP) is -2.54. The molecule has 0 amide bonds. The summed E-state index contributed by atoms with van der Waals surface area (Å²) in [4.78, 5) is 41.2. The molecule has 0 bridgehead atoms. The van der Waals surface area contributed by atoms with Gasteiger partial charge >= 0.3 is 11.7 Å². The summed E-state index contributed by atoms with van der Waals surface area (Å²) in [5.41, 5.74) is 18.2. The number of nitrogens with two attached hydrogens (primary N) is 3. The third kappa shape index (κ3) is 6.13. The summed E-state index contributed by atoms with van der Waals surface area (Å²) >= 11 is 0. The van der Waals surface area contributed by atoms with Crippen molar-refractivity contribution < 1.29 is 29.6 Å². The average Bonchev–Trinajstić information content (AvgIpc) is 3.45. The van der Waals surface area contributed by atoms with E-state index in [0.29, 0.717) is 23.3 Å². The van der Waals surface area contributed by atoms with Crippen molar-refractivity contribution in [3.8, 4) is 0 Å². The quantitative estimate of drug-likeness (QED) is 0.136. The second-order valence-electron chi connectivity index (χ2n) is 9.25. The van der Waals surface area contributed by atoms with Crippen LogP contribution in [0.3, 0.4) is 0 Å². The molecular formula is C22H32N10O7. The van der Waals surface area contributed by atoms with Crippen LogP contribution in [-0.4, -0.2) is 99.8 Å². The van der Waals surface area contributed by atoms with Crippen molar-refractivity contribution in [2.75, 3.05) is 31.7 Å². The Labute approximate surface area is 221 Å². The highest BCUT2D eigenvalue weighted by Crippen LogP contribution is 2.33. The summed E-state index contributed by atoms with van der Waals surface area (Å²) in [5.74, 6) is -0.938. The molecule has 1 aliphatic heterocycles. The predicted molar refractivity (Wildman–Crippen MR) is 136 cm³/mol. The number of methoxy groups -OCH3 is 1. The number of nitrogen functional groups attached to an aromatic ring is 2. The lowest BCUT2D eigenvalue weighted by Gasteiger charge is -2.26.